The number of rotatable bonds is 6. The Hall–Kier alpha value is -2.77. The fourth-order valence-electron chi connectivity index (χ4n) is 3.43. The highest BCUT2D eigenvalue weighted by Gasteiger charge is 2.26. The van der Waals surface area contributed by atoms with E-state index in [4.69, 9.17) is 16.6 Å². The Kier molecular flexibility index (Phi) is 5.83. The van der Waals surface area contributed by atoms with E-state index < -0.39 is 11.7 Å². The second kappa shape index (κ2) is 8.53. The van der Waals surface area contributed by atoms with Gasteiger partial charge in [0.05, 0.1) is 27.1 Å². The van der Waals surface area contributed by atoms with Crippen molar-refractivity contribution in [2.45, 2.75) is 26.8 Å². The molecule has 0 atom stereocenters. The van der Waals surface area contributed by atoms with Crippen molar-refractivity contribution in [3.8, 4) is 0 Å². The van der Waals surface area contributed by atoms with Crippen LogP contribution in [-0.4, -0.2) is 27.0 Å². The van der Waals surface area contributed by atoms with Crippen molar-refractivity contribution >= 4 is 44.2 Å². The molecule has 4 aromatic rings. The van der Waals surface area contributed by atoms with Crippen LogP contribution in [0.15, 0.2) is 49.1 Å². The van der Waals surface area contributed by atoms with Crippen LogP contribution in [0.1, 0.15) is 27.9 Å². The normalized spacial score (nSPS) is 11.2. The zero-order valence-corrected chi connectivity index (χ0v) is 18.2. The predicted octanol–water partition coefficient (Wildman–Crippen LogP) is 5.64. The lowest BCUT2D eigenvalue weighted by Gasteiger charge is -2.21. The molecule has 2 aromatic heterocycles. The molecule has 0 N–H and O–H groups in total. The van der Waals surface area contributed by atoms with Gasteiger partial charge < -0.3 is 4.57 Å². The standard InChI is InChI=1S/C22H20ClFN4OS/c1-14-11-15(2)20-18(12-14)26-22(30-20)28(9-4-8-27-10-7-25-13-27)21(29)19-16(23)5-3-6-17(19)24/h3,5-7,10-13H,4,8-9H2,1-2H3. The fourth-order valence-corrected chi connectivity index (χ4v) is 4.72. The van der Waals surface area contributed by atoms with Crippen LogP contribution in [0.5, 0.6) is 0 Å². The van der Waals surface area contributed by atoms with Crippen LogP contribution in [0.25, 0.3) is 10.2 Å². The highest BCUT2D eigenvalue weighted by atomic mass is 35.5. The lowest BCUT2D eigenvalue weighted by molar-refractivity contribution is 0.0982. The van der Waals surface area contributed by atoms with Crippen LogP contribution >= 0.6 is 22.9 Å². The van der Waals surface area contributed by atoms with E-state index in [1.54, 1.807) is 12.5 Å². The van der Waals surface area contributed by atoms with Gasteiger partial charge in [-0.25, -0.2) is 14.4 Å². The Morgan fingerprint density at radius 1 is 1.30 bits per heavy atom. The number of aromatic nitrogens is 3. The Morgan fingerprint density at radius 2 is 2.13 bits per heavy atom. The third-order valence-electron chi connectivity index (χ3n) is 4.82. The SMILES string of the molecule is Cc1cc(C)c2sc(N(CCCn3ccnc3)C(=O)c3c(F)cccc3Cl)nc2c1. The number of aryl methyl sites for hydroxylation is 3. The zero-order valence-electron chi connectivity index (χ0n) is 16.6. The third kappa shape index (κ3) is 4.08. The Morgan fingerprint density at radius 3 is 2.87 bits per heavy atom. The molecular weight excluding hydrogens is 423 g/mol. The van der Waals surface area contributed by atoms with Crippen LogP contribution in [-0.2, 0) is 6.54 Å². The molecule has 2 aromatic carbocycles. The van der Waals surface area contributed by atoms with E-state index in [0.29, 0.717) is 24.6 Å². The average Bonchev–Trinajstić information content (AvgIpc) is 3.34. The quantitative estimate of drug-likeness (QED) is 0.388. The summed E-state index contributed by atoms with van der Waals surface area (Å²) < 4.78 is 17.4. The van der Waals surface area contributed by atoms with Crippen molar-refractivity contribution in [2.24, 2.45) is 0 Å². The molecule has 5 nitrogen and oxygen atoms in total. The number of fused-ring (bicyclic) bond motifs is 1. The lowest BCUT2D eigenvalue weighted by atomic mass is 10.1. The van der Waals surface area contributed by atoms with Crippen molar-refractivity contribution in [3.63, 3.8) is 0 Å². The molecule has 0 spiro atoms. The van der Waals surface area contributed by atoms with Gasteiger partial charge in [-0.3, -0.25) is 9.69 Å². The summed E-state index contributed by atoms with van der Waals surface area (Å²) in [6.45, 7) is 5.09. The van der Waals surface area contributed by atoms with Gasteiger partial charge in [0, 0.05) is 25.5 Å². The number of carbonyl (C=O) groups excluding carboxylic acids is 1. The number of amides is 1. The van der Waals surface area contributed by atoms with Gasteiger partial charge in [-0.05, 0) is 49.6 Å². The zero-order chi connectivity index (χ0) is 21.3. The van der Waals surface area contributed by atoms with E-state index in [0.717, 1.165) is 21.3 Å². The van der Waals surface area contributed by atoms with Crippen molar-refractivity contribution in [2.75, 3.05) is 11.4 Å². The monoisotopic (exact) mass is 442 g/mol. The minimum atomic E-state index is -0.639. The van der Waals surface area contributed by atoms with Crippen LogP contribution in [0.3, 0.4) is 0 Å². The first-order valence-corrected chi connectivity index (χ1v) is 10.7. The Balaban J connectivity index is 1.71. The molecular formula is C22H20ClFN4OS. The van der Waals surface area contributed by atoms with Gasteiger partial charge in [0.15, 0.2) is 5.13 Å². The summed E-state index contributed by atoms with van der Waals surface area (Å²) in [5.74, 6) is -1.13. The van der Waals surface area contributed by atoms with Gasteiger partial charge in [-0.2, -0.15) is 0 Å². The minimum Gasteiger partial charge on any atom is -0.337 e. The van der Waals surface area contributed by atoms with E-state index in [9.17, 15) is 9.18 Å². The Bertz CT molecular complexity index is 1190. The molecule has 0 fully saturated rings. The van der Waals surface area contributed by atoms with E-state index >= 15 is 0 Å². The van der Waals surface area contributed by atoms with Crippen LogP contribution in [0.2, 0.25) is 5.02 Å². The molecule has 1 amide bonds. The fraction of sp³-hybridized carbons (Fsp3) is 0.227. The number of hydrogen-bond acceptors (Lipinski definition) is 4. The number of benzene rings is 2. The summed E-state index contributed by atoms with van der Waals surface area (Å²) in [4.78, 5) is 23.6. The van der Waals surface area contributed by atoms with Gasteiger partial charge in [0.1, 0.15) is 5.82 Å². The van der Waals surface area contributed by atoms with Gasteiger partial charge in [0.2, 0.25) is 0 Å². The maximum atomic E-state index is 14.5. The third-order valence-corrected chi connectivity index (χ3v) is 6.36. The molecule has 0 radical (unpaired) electrons. The lowest BCUT2D eigenvalue weighted by Crippen LogP contribution is -2.33. The number of hydrogen-bond donors (Lipinski definition) is 0. The number of anilines is 1. The molecule has 30 heavy (non-hydrogen) atoms. The van der Waals surface area contributed by atoms with Crippen molar-refractivity contribution in [1.82, 2.24) is 14.5 Å². The molecule has 8 heteroatoms. The maximum Gasteiger partial charge on any atom is 0.264 e. The maximum absolute atomic E-state index is 14.5. The first-order valence-electron chi connectivity index (χ1n) is 9.53. The number of thiazole rings is 1. The van der Waals surface area contributed by atoms with Crippen LogP contribution in [0, 0.1) is 19.7 Å². The topological polar surface area (TPSA) is 51.0 Å². The number of nitrogens with zero attached hydrogens (tertiary/aromatic N) is 4. The van der Waals surface area contributed by atoms with E-state index in [2.05, 4.69) is 11.1 Å². The molecule has 0 saturated heterocycles. The molecule has 0 aliphatic heterocycles. The number of carbonyl (C=O) groups is 1. The molecule has 0 aliphatic carbocycles. The van der Waals surface area contributed by atoms with Crippen molar-refractivity contribution < 1.29 is 9.18 Å². The molecule has 2 heterocycles. The van der Waals surface area contributed by atoms with Gasteiger partial charge in [-0.15, -0.1) is 0 Å². The summed E-state index contributed by atoms with van der Waals surface area (Å²) >= 11 is 7.61. The average molecular weight is 443 g/mol. The second-order valence-electron chi connectivity index (χ2n) is 7.13. The molecule has 0 bridgehead atoms. The smallest absolute Gasteiger partial charge is 0.264 e. The van der Waals surface area contributed by atoms with Crippen molar-refractivity contribution in [1.29, 1.82) is 0 Å². The summed E-state index contributed by atoms with van der Waals surface area (Å²) in [6, 6.07) is 8.33. The summed E-state index contributed by atoms with van der Waals surface area (Å²) in [5, 5.41) is 0.626. The largest absolute Gasteiger partial charge is 0.337 e. The minimum absolute atomic E-state index is 0.0905. The molecule has 154 valence electrons. The van der Waals surface area contributed by atoms with Gasteiger partial charge in [0.25, 0.3) is 5.91 Å². The van der Waals surface area contributed by atoms with Crippen molar-refractivity contribution in [3.05, 3.63) is 76.6 Å². The van der Waals surface area contributed by atoms with Gasteiger partial charge in [-0.1, -0.05) is 35.1 Å². The van der Waals surface area contributed by atoms with E-state index in [1.807, 2.05) is 30.7 Å². The summed E-state index contributed by atoms with van der Waals surface area (Å²) in [6.07, 6.45) is 5.95. The first-order chi connectivity index (χ1) is 14.4. The molecule has 0 aliphatic rings. The van der Waals surface area contributed by atoms with Crippen LogP contribution < -0.4 is 4.90 Å². The molecule has 0 unspecified atom stereocenters. The highest BCUT2D eigenvalue weighted by molar-refractivity contribution is 7.22. The number of halogens is 2. The van der Waals surface area contributed by atoms with Gasteiger partial charge >= 0.3 is 0 Å². The summed E-state index contributed by atoms with van der Waals surface area (Å²) in [5.41, 5.74) is 2.91. The molecule has 4 rings (SSSR count). The Labute approximate surface area is 182 Å². The highest BCUT2D eigenvalue weighted by Crippen LogP contribution is 2.34. The second-order valence-corrected chi connectivity index (χ2v) is 8.52. The number of imidazole rings is 1. The molecule has 0 saturated carbocycles. The van der Waals surface area contributed by atoms with E-state index in [1.165, 1.54) is 34.4 Å². The predicted molar refractivity (Wildman–Crippen MR) is 119 cm³/mol. The first kappa shape index (κ1) is 20.5. The van der Waals surface area contributed by atoms with E-state index in [-0.39, 0.29) is 10.6 Å². The van der Waals surface area contributed by atoms with Crippen LogP contribution in [0.4, 0.5) is 9.52 Å². The summed E-state index contributed by atoms with van der Waals surface area (Å²) in [7, 11) is 0.